The van der Waals surface area contributed by atoms with E-state index in [0.717, 1.165) is 19.2 Å². The predicted octanol–water partition coefficient (Wildman–Crippen LogP) is 3.06. The Labute approximate surface area is 122 Å². The lowest BCUT2D eigenvalue weighted by Crippen LogP contribution is -2.02. The van der Waals surface area contributed by atoms with Crippen molar-refractivity contribution in [3.63, 3.8) is 0 Å². The number of aromatic nitrogens is 2. The van der Waals surface area contributed by atoms with Gasteiger partial charge in [-0.25, -0.2) is 0 Å². The number of nitrogens with zero attached hydrogens (tertiary/aromatic N) is 2. The summed E-state index contributed by atoms with van der Waals surface area (Å²) in [7, 11) is 1.87. The Balaban J connectivity index is 2.19. The number of rotatable bonds is 3. The van der Waals surface area contributed by atoms with E-state index in [0.29, 0.717) is 6.42 Å². The van der Waals surface area contributed by atoms with Gasteiger partial charge in [-0.3, -0.25) is 4.68 Å². The second kappa shape index (κ2) is 5.49. The summed E-state index contributed by atoms with van der Waals surface area (Å²) in [6, 6.07) is 5.96. The predicted molar refractivity (Wildman–Crippen MR) is 78.7 cm³/mol. The summed E-state index contributed by atoms with van der Waals surface area (Å²) in [6.45, 7) is 0. The number of benzene rings is 1. The van der Waals surface area contributed by atoms with Gasteiger partial charge in [0.1, 0.15) is 0 Å². The molecule has 2 rings (SSSR count). The van der Waals surface area contributed by atoms with Crippen molar-refractivity contribution in [1.29, 1.82) is 0 Å². The molecule has 0 aliphatic rings. The molecule has 0 amide bonds. The molecule has 2 aromatic rings. The zero-order valence-electron chi connectivity index (χ0n) is 9.27. The fourth-order valence-electron chi connectivity index (χ4n) is 1.68. The van der Waals surface area contributed by atoms with E-state index in [1.807, 2.05) is 31.4 Å². The van der Waals surface area contributed by atoms with Crippen molar-refractivity contribution in [3.8, 4) is 0 Å². The van der Waals surface area contributed by atoms with Crippen LogP contribution in [0.3, 0.4) is 0 Å². The van der Waals surface area contributed by atoms with Gasteiger partial charge in [0.25, 0.3) is 0 Å². The molecule has 17 heavy (non-hydrogen) atoms. The highest BCUT2D eigenvalue weighted by molar-refractivity contribution is 14.1. The van der Waals surface area contributed by atoms with Gasteiger partial charge in [-0.2, -0.15) is 5.10 Å². The molecule has 0 aliphatic heterocycles. The van der Waals surface area contributed by atoms with Crippen LogP contribution in [0.25, 0.3) is 0 Å². The fraction of sp³-hybridized carbons (Fsp3) is 0.250. The van der Waals surface area contributed by atoms with Crippen LogP contribution in [0.2, 0.25) is 0 Å². The molecule has 0 spiro atoms. The van der Waals surface area contributed by atoms with Crippen molar-refractivity contribution in [2.45, 2.75) is 12.5 Å². The first-order chi connectivity index (χ1) is 8.06. The van der Waals surface area contributed by atoms with Crippen LogP contribution in [0.1, 0.15) is 17.2 Å². The SMILES string of the molecule is Cn1cc(CC(O)c2cc(I)ccc2Br)cn1. The molecule has 1 atom stereocenters. The maximum atomic E-state index is 10.2. The summed E-state index contributed by atoms with van der Waals surface area (Å²) in [5.41, 5.74) is 1.95. The summed E-state index contributed by atoms with van der Waals surface area (Å²) in [5, 5.41) is 14.3. The molecule has 90 valence electrons. The summed E-state index contributed by atoms with van der Waals surface area (Å²) in [4.78, 5) is 0. The Morgan fingerprint density at radius 3 is 2.94 bits per heavy atom. The summed E-state index contributed by atoms with van der Waals surface area (Å²) < 4.78 is 3.80. The van der Waals surface area contributed by atoms with Gasteiger partial charge in [-0.05, 0) is 51.9 Å². The molecule has 0 saturated carbocycles. The van der Waals surface area contributed by atoms with Crippen molar-refractivity contribution in [1.82, 2.24) is 9.78 Å². The highest BCUT2D eigenvalue weighted by atomic mass is 127. The van der Waals surface area contributed by atoms with Crippen molar-refractivity contribution in [2.75, 3.05) is 0 Å². The Hall–Kier alpha value is -0.400. The van der Waals surface area contributed by atoms with Gasteiger partial charge in [-0.15, -0.1) is 0 Å². The van der Waals surface area contributed by atoms with E-state index in [4.69, 9.17) is 0 Å². The molecule has 0 radical (unpaired) electrons. The Kier molecular flexibility index (Phi) is 4.22. The molecule has 1 N–H and O–H groups in total. The molecule has 0 bridgehead atoms. The van der Waals surface area contributed by atoms with E-state index in [2.05, 4.69) is 43.6 Å². The lowest BCUT2D eigenvalue weighted by molar-refractivity contribution is 0.177. The van der Waals surface area contributed by atoms with Gasteiger partial charge in [-0.1, -0.05) is 15.9 Å². The molecule has 1 aromatic heterocycles. The highest BCUT2D eigenvalue weighted by Crippen LogP contribution is 2.27. The van der Waals surface area contributed by atoms with Crippen LogP contribution in [0.5, 0.6) is 0 Å². The van der Waals surface area contributed by atoms with E-state index in [-0.39, 0.29) is 0 Å². The van der Waals surface area contributed by atoms with E-state index >= 15 is 0 Å². The monoisotopic (exact) mass is 406 g/mol. The van der Waals surface area contributed by atoms with E-state index in [1.165, 1.54) is 0 Å². The van der Waals surface area contributed by atoms with Crippen LogP contribution >= 0.6 is 38.5 Å². The van der Waals surface area contributed by atoms with E-state index < -0.39 is 6.10 Å². The Morgan fingerprint density at radius 1 is 1.53 bits per heavy atom. The topological polar surface area (TPSA) is 38.0 Å². The van der Waals surface area contributed by atoms with Crippen molar-refractivity contribution >= 4 is 38.5 Å². The normalized spacial score (nSPS) is 12.7. The maximum absolute atomic E-state index is 10.2. The Morgan fingerprint density at radius 2 is 2.29 bits per heavy atom. The van der Waals surface area contributed by atoms with Crippen LogP contribution in [0.15, 0.2) is 35.1 Å². The van der Waals surface area contributed by atoms with Crippen LogP contribution in [0.4, 0.5) is 0 Å². The minimum atomic E-state index is -0.511. The summed E-state index contributed by atoms with van der Waals surface area (Å²) in [6.07, 6.45) is 3.77. The molecule has 1 unspecified atom stereocenters. The van der Waals surface area contributed by atoms with E-state index in [1.54, 1.807) is 10.9 Å². The van der Waals surface area contributed by atoms with Crippen molar-refractivity contribution < 1.29 is 5.11 Å². The van der Waals surface area contributed by atoms with Crippen LogP contribution in [-0.4, -0.2) is 14.9 Å². The molecule has 1 aromatic carbocycles. The molecule has 3 nitrogen and oxygen atoms in total. The van der Waals surface area contributed by atoms with Gasteiger partial charge in [0.2, 0.25) is 0 Å². The number of aliphatic hydroxyl groups excluding tert-OH is 1. The largest absolute Gasteiger partial charge is 0.388 e. The van der Waals surface area contributed by atoms with E-state index in [9.17, 15) is 5.11 Å². The maximum Gasteiger partial charge on any atom is 0.0842 e. The molecule has 0 aliphatic carbocycles. The third-order valence-corrected chi connectivity index (χ3v) is 3.90. The number of hydrogen-bond acceptors (Lipinski definition) is 2. The lowest BCUT2D eigenvalue weighted by Gasteiger charge is -2.12. The van der Waals surface area contributed by atoms with Crippen LogP contribution < -0.4 is 0 Å². The minimum absolute atomic E-state index is 0.511. The number of aryl methyl sites for hydroxylation is 1. The van der Waals surface area contributed by atoms with Gasteiger partial charge in [0.05, 0.1) is 12.3 Å². The third kappa shape index (κ3) is 3.29. The molecular formula is C12H12BrIN2O. The fourth-order valence-corrected chi connectivity index (χ4v) is 2.71. The molecule has 5 heteroatoms. The number of halogens is 2. The van der Waals surface area contributed by atoms with Crippen molar-refractivity contribution in [2.24, 2.45) is 7.05 Å². The minimum Gasteiger partial charge on any atom is -0.388 e. The van der Waals surface area contributed by atoms with Gasteiger partial charge in [0.15, 0.2) is 0 Å². The van der Waals surface area contributed by atoms with Crippen molar-refractivity contribution in [3.05, 3.63) is 49.8 Å². The molecule has 0 saturated heterocycles. The van der Waals surface area contributed by atoms with Gasteiger partial charge < -0.3 is 5.11 Å². The quantitative estimate of drug-likeness (QED) is 0.795. The molecule has 0 fully saturated rings. The summed E-state index contributed by atoms with van der Waals surface area (Å²) in [5.74, 6) is 0. The van der Waals surface area contributed by atoms with Crippen LogP contribution in [0, 0.1) is 3.57 Å². The highest BCUT2D eigenvalue weighted by Gasteiger charge is 2.13. The summed E-state index contributed by atoms with van der Waals surface area (Å²) >= 11 is 5.71. The second-order valence-electron chi connectivity index (χ2n) is 3.91. The first kappa shape index (κ1) is 13.0. The zero-order chi connectivity index (χ0) is 12.4. The number of hydrogen-bond donors (Lipinski definition) is 1. The number of aliphatic hydroxyl groups is 1. The second-order valence-corrected chi connectivity index (χ2v) is 6.01. The first-order valence-corrected chi connectivity index (χ1v) is 7.04. The van der Waals surface area contributed by atoms with Gasteiger partial charge >= 0.3 is 0 Å². The van der Waals surface area contributed by atoms with Gasteiger partial charge in [0, 0.05) is 27.7 Å². The Bertz CT molecular complexity index is 527. The third-order valence-electron chi connectivity index (χ3n) is 2.50. The zero-order valence-corrected chi connectivity index (χ0v) is 13.0. The molecular weight excluding hydrogens is 395 g/mol. The van der Waals surface area contributed by atoms with Crippen LogP contribution in [-0.2, 0) is 13.5 Å². The average molecular weight is 407 g/mol. The average Bonchev–Trinajstić information content (AvgIpc) is 2.67. The smallest absolute Gasteiger partial charge is 0.0842 e. The standard InChI is InChI=1S/C12H12BrIN2O/c1-16-7-8(6-15-16)4-12(17)10-5-9(14)2-3-11(10)13/h2-3,5-7,12,17H,4H2,1H3. The molecule has 1 heterocycles. The lowest BCUT2D eigenvalue weighted by atomic mass is 10.0. The first-order valence-electron chi connectivity index (χ1n) is 5.17.